The zero-order valence-corrected chi connectivity index (χ0v) is 12.0. The van der Waals surface area contributed by atoms with Crippen molar-refractivity contribution < 1.29 is 0 Å². The summed E-state index contributed by atoms with van der Waals surface area (Å²) in [5.41, 5.74) is 4.41. The number of rotatable bonds is 2. The first-order valence-electron chi connectivity index (χ1n) is 7.26. The van der Waals surface area contributed by atoms with Crippen molar-refractivity contribution in [2.75, 3.05) is 0 Å². The minimum atomic E-state index is 1.02. The number of nitrogens with zero attached hydrogens (tertiary/aromatic N) is 2. The summed E-state index contributed by atoms with van der Waals surface area (Å²) in [6.45, 7) is 0. The van der Waals surface area contributed by atoms with Crippen LogP contribution in [0, 0.1) is 0 Å². The molecule has 0 fully saturated rings. The van der Waals surface area contributed by atoms with Gasteiger partial charge < -0.3 is 0 Å². The van der Waals surface area contributed by atoms with Crippen molar-refractivity contribution in [1.29, 1.82) is 0 Å². The molecule has 0 saturated carbocycles. The second-order valence-corrected chi connectivity index (χ2v) is 5.20. The summed E-state index contributed by atoms with van der Waals surface area (Å²) in [7, 11) is 0. The molecule has 104 valence electrons. The molecule has 0 atom stereocenters. The summed E-state index contributed by atoms with van der Waals surface area (Å²) in [6, 6.07) is 22.9. The molecule has 4 aromatic rings. The molecular weight excluding hydrogens is 268 g/mol. The molecule has 4 rings (SSSR count). The van der Waals surface area contributed by atoms with Crippen molar-refractivity contribution in [3.63, 3.8) is 0 Å². The van der Waals surface area contributed by atoms with E-state index in [1.54, 1.807) is 6.20 Å². The normalized spacial score (nSPS) is 10.7. The van der Waals surface area contributed by atoms with Crippen LogP contribution in [0.5, 0.6) is 0 Å². The summed E-state index contributed by atoms with van der Waals surface area (Å²) in [5, 5.41) is 2.38. The molecule has 0 radical (unpaired) electrons. The van der Waals surface area contributed by atoms with E-state index < -0.39 is 0 Å². The van der Waals surface area contributed by atoms with Gasteiger partial charge in [-0.2, -0.15) is 0 Å². The molecule has 2 nitrogen and oxygen atoms in total. The molecule has 0 N–H and O–H groups in total. The number of fused-ring (bicyclic) bond motifs is 1. The van der Waals surface area contributed by atoms with Gasteiger partial charge in [-0.15, -0.1) is 0 Å². The molecule has 2 heteroatoms. The predicted octanol–water partition coefficient (Wildman–Crippen LogP) is 4.96. The van der Waals surface area contributed by atoms with Crippen LogP contribution < -0.4 is 0 Å². The lowest BCUT2D eigenvalue weighted by Gasteiger charge is -2.08. The van der Waals surface area contributed by atoms with Crippen LogP contribution in [0.25, 0.3) is 33.2 Å². The summed E-state index contributed by atoms with van der Waals surface area (Å²) in [4.78, 5) is 8.79. The molecule has 0 aliphatic heterocycles. The fraction of sp³-hybridized carbons (Fsp3) is 0. The van der Waals surface area contributed by atoms with Crippen LogP contribution >= 0.6 is 0 Å². The van der Waals surface area contributed by atoms with E-state index >= 15 is 0 Å². The van der Waals surface area contributed by atoms with Crippen molar-refractivity contribution in [3.05, 3.63) is 85.3 Å². The van der Waals surface area contributed by atoms with Gasteiger partial charge in [-0.25, -0.2) is 0 Å². The molecular formula is C20H14N2. The van der Waals surface area contributed by atoms with Crippen molar-refractivity contribution >= 4 is 10.8 Å². The first-order chi connectivity index (χ1) is 10.9. The molecule has 0 unspecified atom stereocenters. The van der Waals surface area contributed by atoms with E-state index in [1.807, 2.05) is 24.5 Å². The Morgan fingerprint density at radius 3 is 2.41 bits per heavy atom. The number of pyridine rings is 2. The van der Waals surface area contributed by atoms with Crippen molar-refractivity contribution in [2.45, 2.75) is 0 Å². The molecule has 2 aromatic carbocycles. The van der Waals surface area contributed by atoms with E-state index in [9.17, 15) is 0 Å². The van der Waals surface area contributed by atoms with Gasteiger partial charge in [0.25, 0.3) is 0 Å². The summed E-state index contributed by atoms with van der Waals surface area (Å²) in [5.74, 6) is 0. The molecule has 0 spiro atoms. The molecule has 0 saturated heterocycles. The minimum Gasteiger partial charge on any atom is -0.264 e. The Kier molecular flexibility index (Phi) is 3.13. The lowest BCUT2D eigenvalue weighted by molar-refractivity contribution is 1.33. The van der Waals surface area contributed by atoms with Crippen molar-refractivity contribution in [3.8, 4) is 22.4 Å². The van der Waals surface area contributed by atoms with E-state index in [-0.39, 0.29) is 0 Å². The monoisotopic (exact) mass is 282 g/mol. The quantitative estimate of drug-likeness (QED) is 0.519. The fourth-order valence-electron chi connectivity index (χ4n) is 2.73. The van der Waals surface area contributed by atoms with Crippen LogP contribution in [0.4, 0.5) is 0 Å². The third-order valence-corrected chi connectivity index (χ3v) is 3.80. The van der Waals surface area contributed by atoms with Gasteiger partial charge in [-0.3, -0.25) is 9.97 Å². The van der Waals surface area contributed by atoms with Gasteiger partial charge >= 0.3 is 0 Å². The number of hydrogen-bond acceptors (Lipinski definition) is 2. The molecule has 0 bridgehead atoms. The summed E-state index contributed by atoms with van der Waals surface area (Å²) < 4.78 is 0. The Labute approximate surface area is 129 Å². The fourth-order valence-corrected chi connectivity index (χ4v) is 2.73. The van der Waals surface area contributed by atoms with E-state index in [2.05, 4.69) is 64.6 Å². The predicted molar refractivity (Wildman–Crippen MR) is 90.4 cm³/mol. The average Bonchev–Trinajstić information content (AvgIpc) is 2.62. The maximum atomic E-state index is 4.60. The number of aromatic nitrogens is 2. The highest BCUT2D eigenvalue weighted by Gasteiger charge is 2.06. The number of benzene rings is 2. The SMILES string of the molecule is c1cncc(-c2cccc(-c3nccc4ccccc34)c2)c1. The van der Waals surface area contributed by atoms with Crippen LogP contribution in [0.2, 0.25) is 0 Å². The van der Waals surface area contributed by atoms with Gasteiger partial charge in [0, 0.05) is 35.1 Å². The Hall–Kier alpha value is -3.00. The van der Waals surface area contributed by atoms with Gasteiger partial charge in [0.2, 0.25) is 0 Å². The number of hydrogen-bond donors (Lipinski definition) is 0. The third kappa shape index (κ3) is 2.25. The van der Waals surface area contributed by atoms with Crippen molar-refractivity contribution in [2.24, 2.45) is 0 Å². The van der Waals surface area contributed by atoms with Crippen LogP contribution in [0.15, 0.2) is 85.3 Å². The second kappa shape index (κ2) is 5.41. The van der Waals surface area contributed by atoms with Gasteiger partial charge in [-0.1, -0.05) is 48.5 Å². The molecule has 0 aliphatic rings. The maximum Gasteiger partial charge on any atom is 0.0780 e. The molecule has 2 heterocycles. The Bertz CT molecular complexity index is 925. The second-order valence-electron chi connectivity index (χ2n) is 5.20. The Morgan fingerprint density at radius 2 is 1.50 bits per heavy atom. The highest BCUT2D eigenvalue weighted by molar-refractivity contribution is 5.94. The van der Waals surface area contributed by atoms with Gasteiger partial charge in [0.15, 0.2) is 0 Å². The molecule has 0 amide bonds. The minimum absolute atomic E-state index is 1.02. The van der Waals surface area contributed by atoms with E-state index in [0.29, 0.717) is 0 Å². The van der Waals surface area contributed by atoms with Crippen LogP contribution in [0.3, 0.4) is 0 Å². The Balaban J connectivity index is 1.89. The summed E-state index contributed by atoms with van der Waals surface area (Å²) in [6.07, 6.45) is 5.55. The Morgan fingerprint density at radius 1 is 0.636 bits per heavy atom. The molecule has 2 aromatic heterocycles. The van der Waals surface area contributed by atoms with Crippen LogP contribution in [-0.4, -0.2) is 9.97 Å². The molecule has 22 heavy (non-hydrogen) atoms. The van der Waals surface area contributed by atoms with Crippen LogP contribution in [-0.2, 0) is 0 Å². The van der Waals surface area contributed by atoms with Gasteiger partial charge in [0.1, 0.15) is 0 Å². The zero-order chi connectivity index (χ0) is 14.8. The van der Waals surface area contributed by atoms with E-state index in [1.165, 1.54) is 10.8 Å². The van der Waals surface area contributed by atoms with Gasteiger partial charge in [0.05, 0.1) is 5.69 Å². The highest BCUT2D eigenvalue weighted by atomic mass is 14.7. The summed E-state index contributed by atoms with van der Waals surface area (Å²) >= 11 is 0. The highest BCUT2D eigenvalue weighted by Crippen LogP contribution is 2.29. The van der Waals surface area contributed by atoms with E-state index in [4.69, 9.17) is 0 Å². The van der Waals surface area contributed by atoms with E-state index in [0.717, 1.165) is 22.4 Å². The molecule has 0 aliphatic carbocycles. The zero-order valence-electron chi connectivity index (χ0n) is 12.0. The smallest absolute Gasteiger partial charge is 0.0780 e. The third-order valence-electron chi connectivity index (χ3n) is 3.80. The largest absolute Gasteiger partial charge is 0.264 e. The lowest BCUT2D eigenvalue weighted by atomic mass is 10.00. The van der Waals surface area contributed by atoms with Gasteiger partial charge in [-0.05, 0) is 29.1 Å². The van der Waals surface area contributed by atoms with Crippen LogP contribution in [0.1, 0.15) is 0 Å². The first kappa shape index (κ1) is 12.7. The maximum absolute atomic E-state index is 4.60. The van der Waals surface area contributed by atoms with Crippen molar-refractivity contribution in [1.82, 2.24) is 9.97 Å². The lowest BCUT2D eigenvalue weighted by Crippen LogP contribution is -1.87. The average molecular weight is 282 g/mol. The first-order valence-corrected chi connectivity index (χ1v) is 7.26. The topological polar surface area (TPSA) is 25.8 Å². The standard InChI is InChI=1S/C20H14N2/c1-2-9-19-15(5-1)10-12-22-20(19)17-7-3-6-16(13-17)18-8-4-11-21-14-18/h1-14H.